The Labute approximate surface area is 197 Å². The van der Waals surface area contributed by atoms with Crippen molar-refractivity contribution < 1.29 is 13.2 Å². The van der Waals surface area contributed by atoms with E-state index in [0.717, 1.165) is 23.8 Å². The summed E-state index contributed by atoms with van der Waals surface area (Å²) in [5.41, 5.74) is 1.20. The van der Waals surface area contributed by atoms with Crippen molar-refractivity contribution in [1.29, 1.82) is 0 Å². The van der Waals surface area contributed by atoms with E-state index in [1.165, 1.54) is 6.08 Å². The highest BCUT2D eigenvalue weighted by atomic mass is 35.5. The van der Waals surface area contributed by atoms with Crippen LogP contribution in [0.25, 0.3) is 6.08 Å². The number of aromatic nitrogens is 1. The molecule has 1 atom stereocenters. The van der Waals surface area contributed by atoms with Crippen molar-refractivity contribution in [1.82, 2.24) is 4.98 Å². The standard InChI is InChI=1S/C22H15Cl4F3N2/c23-17-9-13(4-6-14(17)12-31-20-3-1-2-8-30-20)5-7-16(22(27,28)29)15-10-18(24)21(26)19(25)11-15/h1-11,16H,12H2,(H,30,31). The molecule has 1 unspecified atom stereocenters. The Kier molecular flexibility index (Phi) is 7.76. The second-order valence-electron chi connectivity index (χ2n) is 6.60. The minimum absolute atomic E-state index is 0.0127. The van der Waals surface area contributed by atoms with Crippen LogP contribution in [0.3, 0.4) is 0 Å². The van der Waals surface area contributed by atoms with Crippen molar-refractivity contribution in [2.45, 2.75) is 18.6 Å². The monoisotopic (exact) mass is 504 g/mol. The van der Waals surface area contributed by atoms with E-state index in [9.17, 15) is 13.2 Å². The van der Waals surface area contributed by atoms with Crippen molar-refractivity contribution in [2.24, 2.45) is 0 Å². The minimum atomic E-state index is -4.55. The predicted molar refractivity (Wildman–Crippen MR) is 122 cm³/mol. The number of rotatable bonds is 6. The average molecular weight is 506 g/mol. The largest absolute Gasteiger partial charge is 0.399 e. The Morgan fingerprint density at radius 1 is 0.935 bits per heavy atom. The van der Waals surface area contributed by atoms with Crippen LogP contribution in [0.4, 0.5) is 19.0 Å². The van der Waals surface area contributed by atoms with Crippen LogP contribution in [0.2, 0.25) is 20.1 Å². The lowest BCUT2D eigenvalue weighted by atomic mass is 9.97. The van der Waals surface area contributed by atoms with Crippen LogP contribution >= 0.6 is 46.4 Å². The van der Waals surface area contributed by atoms with Gasteiger partial charge in [-0.2, -0.15) is 13.2 Å². The predicted octanol–water partition coefficient (Wildman–Crippen LogP) is 8.67. The van der Waals surface area contributed by atoms with Gasteiger partial charge in [-0.15, -0.1) is 0 Å². The maximum Gasteiger partial charge on any atom is 0.399 e. The number of alkyl halides is 3. The zero-order chi connectivity index (χ0) is 22.6. The molecule has 0 aliphatic heterocycles. The molecule has 9 heteroatoms. The summed E-state index contributed by atoms with van der Waals surface area (Å²) in [5, 5.41) is 3.48. The fraction of sp³-hybridized carbons (Fsp3) is 0.136. The van der Waals surface area contributed by atoms with Gasteiger partial charge in [0, 0.05) is 17.8 Å². The van der Waals surface area contributed by atoms with Gasteiger partial charge in [0.1, 0.15) is 5.82 Å². The lowest BCUT2D eigenvalue weighted by Crippen LogP contribution is -2.19. The maximum absolute atomic E-state index is 13.7. The number of anilines is 1. The summed E-state index contributed by atoms with van der Waals surface area (Å²) in [6.07, 6.45) is -0.493. The van der Waals surface area contributed by atoms with Crippen molar-refractivity contribution >= 4 is 58.3 Å². The van der Waals surface area contributed by atoms with E-state index in [4.69, 9.17) is 46.4 Å². The van der Waals surface area contributed by atoms with Gasteiger partial charge in [0.05, 0.1) is 21.0 Å². The van der Waals surface area contributed by atoms with Gasteiger partial charge in [-0.3, -0.25) is 0 Å². The van der Waals surface area contributed by atoms with Gasteiger partial charge in [-0.25, -0.2) is 4.98 Å². The van der Waals surface area contributed by atoms with Crippen LogP contribution in [0.1, 0.15) is 22.6 Å². The van der Waals surface area contributed by atoms with Gasteiger partial charge >= 0.3 is 6.18 Å². The Morgan fingerprint density at radius 2 is 1.65 bits per heavy atom. The van der Waals surface area contributed by atoms with Gasteiger partial charge in [-0.1, -0.05) is 76.8 Å². The van der Waals surface area contributed by atoms with Crippen molar-refractivity contribution in [3.8, 4) is 0 Å². The highest BCUT2D eigenvalue weighted by molar-refractivity contribution is 6.48. The summed E-state index contributed by atoms with van der Waals surface area (Å²) >= 11 is 24.0. The lowest BCUT2D eigenvalue weighted by molar-refractivity contribution is -0.139. The second-order valence-corrected chi connectivity index (χ2v) is 8.20. The number of hydrogen-bond acceptors (Lipinski definition) is 2. The quantitative estimate of drug-likeness (QED) is 0.339. The molecule has 0 fully saturated rings. The number of pyridine rings is 1. The highest BCUT2D eigenvalue weighted by Gasteiger charge is 2.39. The van der Waals surface area contributed by atoms with Crippen LogP contribution in [0.5, 0.6) is 0 Å². The molecule has 0 aliphatic carbocycles. The lowest BCUT2D eigenvalue weighted by Gasteiger charge is -2.18. The molecular weight excluding hydrogens is 491 g/mol. The summed E-state index contributed by atoms with van der Waals surface area (Å²) in [4.78, 5) is 4.16. The molecule has 3 aromatic rings. The van der Waals surface area contributed by atoms with E-state index >= 15 is 0 Å². The molecule has 31 heavy (non-hydrogen) atoms. The van der Waals surface area contributed by atoms with Gasteiger partial charge in [0.15, 0.2) is 0 Å². The number of hydrogen-bond donors (Lipinski definition) is 1. The zero-order valence-corrected chi connectivity index (χ0v) is 18.8. The van der Waals surface area contributed by atoms with Crippen LogP contribution in [-0.4, -0.2) is 11.2 Å². The van der Waals surface area contributed by atoms with E-state index in [1.54, 1.807) is 30.5 Å². The highest BCUT2D eigenvalue weighted by Crippen LogP contribution is 2.41. The summed E-state index contributed by atoms with van der Waals surface area (Å²) in [7, 11) is 0. The molecule has 1 aromatic heterocycles. The molecule has 0 radical (unpaired) electrons. The number of benzene rings is 2. The van der Waals surface area contributed by atoms with E-state index in [2.05, 4.69) is 10.3 Å². The molecule has 0 saturated heterocycles. The van der Waals surface area contributed by atoms with Gasteiger partial charge in [-0.05, 0) is 47.0 Å². The van der Waals surface area contributed by atoms with Crippen LogP contribution in [-0.2, 0) is 6.54 Å². The molecule has 0 aliphatic rings. The molecule has 162 valence electrons. The molecule has 3 rings (SSSR count). The van der Waals surface area contributed by atoms with Gasteiger partial charge in [0.25, 0.3) is 0 Å². The maximum atomic E-state index is 13.7. The summed E-state index contributed by atoms with van der Waals surface area (Å²) < 4.78 is 41.0. The number of allylic oxidation sites excluding steroid dienone is 1. The summed E-state index contributed by atoms with van der Waals surface area (Å²) in [6.45, 7) is 0.423. The molecule has 1 N–H and O–H groups in total. The van der Waals surface area contributed by atoms with E-state index in [0.29, 0.717) is 22.9 Å². The van der Waals surface area contributed by atoms with Gasteiger partial charge < -0.3 is 5.32 Å². The fourth-order valence-corrected chi connectivity index (χ4v) is 3.70. The normalized spacial score (nSPS) is 12.9. The van der Waals surface area contributed by atoms with Crippen LogP contribution < -0.4 is 5.32 Å². The molecule has 0 saturated carbocycles. The molecular formula is C22H15Cl4F3N2. The van der Waals surface area contributed by atoms with Crippen LogP contribution in [0.15, 0.2) is 60.8 Å². The minimum Gasteiger partial charge on any atom is -0.366 e. The van der Waals surface area contributed by atoms with Crippen molar-refractivity contribution in [2.75, 3.05) is 5.32 Å². The number of halogens is 7. The molecule has 2 aromatic carbocycles. The molecule has 0 amide bonds. The zero-order valence-electron chi connectivity index (χ0n) is 15.7. The fourth-order valence-electron chi connectivity index (χ4n) is 2.83. The number of nitrogens with one attached hydrogen (secondary N) is 1. The SMILES string of the molecule is FC(F)(F)C(C=Cc1ccc(CNc2ccccn2)c(Cl)c1)c1cc(Cl)c(Cl)c(Cl)c1. The van der Waals surface area contributed by atoms with Crippen LogP contribution in [0, 0.1) is 0 Å². The van der Waals surface area contributed by atoms with Gasteiger partial charge in [0.2, 0.25) is 0 Å². The molecule has 2 nitrogen and oxygen atoms in total. The Morgan fingerprint density at radius 3 is 2.23 bits per heavy atom. The molecule has 1 heterocycles. The van der Waals surface area contributed by atoms with E-state index < -0.39 is 12.1 Å². The molecule has 0 bridgehead atoms. The third-order valence-electron chi connectivity index (χ3n) is 4.40. The first kappa shape index (κ1) is 23.7. The first-order valence-corrected chi connectivity index (χ1v) is 10.5. The van der Waals surface area contributed by atoms with Crippen molar-refractivity contribution in [3.63, 3.8) is 0 Å². The Hall–Kier alpha value is -1.92. The topological polar surface area (TPSA) is 24.9 Å². The first-order chi connectivity index (χ1) is 14.6. The number of nitrogens with zero attached hydrogens (tertiary/aromatic N) is 1. The van der Waals surface area contributed by atoms with Crippen molar-refractivity contribution in [3.05, 3.63) is 97.6 Å². The third-order valence-corrected chi connectivity index (χ3v) is 5.95. The average Bonchev–Trinajstić information content (AvgIpc) is 2.71. The smallest absolute Gasteiger partial charge is 0.366 e. The third kappa shape index (κ3) is 6.30. The summed E-state index contributed by atoms with van der Waals surface area (Å²) in [6, 6.07) is 12.8. The van der Waals surface area contributed by atoms with E-state index in [-0.39, 0.29) is 20.6 Å². The molecule has 0 spiro atoms. The Bertz CT molecular complexity index is 1060. The van der Waals surface area contributed by atoms with E-state index in [1.807, 2.05) is 12.1 Å². The first-order valence-electron chi connectivity index (χ1n) is 8.98. The Balaban J connectivity index is 1.80. The summed E-state index contributed by atoms with van der Waals surface area (Å²) in [5.74, 6) is -1.22. The second kappa shape index (κ2) is 10.1.